The lowest BCUT2D eigenvalue weighted by molar-refractivity contribution is -0.0896. The van der Waals surface area contributed by atoms with E-state index in [-0.39, 0.29) is 23.2 Å². The number of aromatic amines is 1. The van der Waals surface area contributed by atoms with E-state index < -0.39 is 37.1 Å². The summed E-state index contributed by atoms with van der Waals surface area (Å²) in [6.45, 7) is 1.99. The fraction of sp³-hybridized carbons (Fsp3) is 0.318. The molecule has 312 valence electrons. The third-order valence-electron chi connectivity index (χ3n) is 10.6. The highest BCUT2D eigenvalue weighted by molar-refractivity contribution is 8.53. The number of anilines is 1. The molecule has 2 aliphatic rings. The van der Waals surface area contributed by atoms with E-state index in [2.05, 4.69) is 31.8 Å². The van der Waals surface area contributed by atoms with Gasteiger partial charge in [0.05, 0.1) is 33.3 Å². The molecule has 3 N–H and O–H groups in total. The normalized spacial score (nSPS) is 18.8. The fourth-order valence-electron chi connectivity index (χ4n) is 7.63. The van der Waals surface area contributed by atoms with Crippen molar-refractivity contribution in [2.24, 2.45) is 0 Å². The summed E-state index contributed by atoms with van der Waals surface area (Å²) in [6, 6.07) is 35.3. The number of nitrogens with zero attached hydrogens (tertiary/aromatic N) is 4. The van der Waals surface area contributed by atoms with Gasteiger partial charge in [-0.1, -0.05) is 108 Å². The zero-order valence-corrected chi connectivity index (χ0v) is 35.9. The van der Waals surface area contributed by atoms with Gasteiger partial charge in [-0.2, -0.15) is 4.98 Å². The molecule has 4 atom stereocenters. The second-order valence-corrected chi connectivity index (χ2v) is 19.0. The number of ether oxygens (including phenoxy) is 4. The van der Waals surface area contributed by atoms with Gasteiger partial charge in [-0.25, -0.2) is 4.98 Å². The second-order valence-electron chi connectivity index (χ2n) is 14.3. The molecule has 60 heavy (non-hydrogen) atoms. The van der Waals surface area contributed by atoms with Gasteiger partial charge in [-0.05, 0) is 53.8 Å². The van der Waals surface area contributed by atoms with Crippen LogP contribution in [0.2, 0.25) is 0 Å². The van der Waals surface area contributed by atoms with Crippen LogP contribution in [0.4, 0.5) is 5.95 Å². The Kier molecular flexibility index (Phi) is 13.5. The average molecular weight is 867 g/mol. The van der Waals surface area contributed by atoms with Gasteiger partial charge in [0.15, 0.2) is 18.7 Å². The molecule has 0 spiro atoms. The predicted octanol–water partition coefficient (Wildman–Crippen LogP) is 8.03. The highest BCUT2D eigenvalue weighted by Gasteiger charge is 2.45. The number of hydrogen-bond donors (Lipinski definition) is 2. The first-order chi connectivity index (χ1) is 29.4. The maximum atomic E-state index is 12.9. The minimum Gasteiger partial charge on any atom is -0.497 e. The molecular formula is C44H47N6O7PS2. The quantitative estimate of drug-likeness (QED) is 0.0517. The van der Waals surface area contributed by atoms with Crippen molar-refractivity contribution in [3.63, 3.8) is 0 Å². The average Bonchev–Trinajstić information content (AvgIpc) is 4.07. The molecule has 6 aromatic rings. The summed E-state index contributed by atoms with van der Waals surface area (Å²) in [5.74, 6) is 2.82. The Morgan fingerprint density at radius 3 is 2.13 bits per heavy atom. The first-order valence-electron chi connectivity index (χ1n) is 19.8. The second kappa shape index (κ2) is 19.3. The standard InChI is InChI=1S/C44H47N6O7PS2/c1-53-34-19-15-32(16-20-34)44(31-13-7-4-8-14-31,33-17-21-35(54-2)22-18-33)55-28-37-36(27-38(56-37)50-29-46-39-40(50)47-43(45)48-41(39)51)57-58(49-23-9-10-24-49)60-26-25-59-42(52)30-11-5-3-6-12-30/h3-8,11-22,29,36-38H,9-10,23-28H2,1-2H3,(H3,45,47,48,51)/t36-,37+,38+,58?/m0/s1. The van der Waals surface area contributed by atoms with Crippen LogP contribution in [0, 0.1) is 0 Å². The van der Waals surface area contributed by atoms with Gasteiger partial charge in [0.25, 0.3) is 5.56 Å². The zero-order valence-electron chi connectivity index (χ0n) is 33.3. The summed E-state index contributed by atoms with van der Waals surface area (Å²) in [6.07, 6.45) is 2.61. The number of H-pyrrole nitrogens is 1. The number of nitrogens with two attached hydrogens (primary N) is 1. The van der Waals surface area contributed by atoms with Gasteiger partial charge >= 0.3 is 0 Å². The molecule has 4 aromatic carbocycles. The first kappa shape index (κ1) is 42.0. The molecule has 16 heteroatoms. The van der Waals surface area contributed by atoms with Crippen molar-refractivity contribution in [1.29, 1.82) is 0 Å². The molecular weight excluding hydrogens is 820 g/mol. The number of carbonyl (C=O) groups is 1. The summed E-state index contributed by atoms with van der Waals surface area (Å²) in [5, 5.41) is 0.0585. The molecule has 0 bridgehead atoms. The number of nitrogens with one attached hydrogen (secondary N) is 1. The smallest absolute Gasteiger partial charge is 0.280 e. The van der Waals surface area contributed by atoms with E-state index >= 15 is 0 Å². The Balaban J connectivity index is 1.12. The van der Waals surface area contributed by atoms with Crippen LogP contribution in [-0.4, -0.2) is 86.9 Å². The molecule has 2 fully saturated rings. The molecule has 0 amide bonds. The Hall–Kier alpha value is -4.73. The molecule has 2 saturated heterocycles. The van der Waals surface area contributed by atoms with Crippen molar-refractivity contribution in [3.05, 3.63) is 148 Å². The number of imidazole rings is 1. The summed E-state index contributed by atoms with van der Waals surface area (Å²) in [4.78, 5) is 37.1. The van der Waals surface area contributed by atoms with E-state index in [0.717, 1.165) is 59.9 Å². The van der Waals surface area contributed by atoms with Crippen LogP contribution in [0.3, 0.4) is 0 Å². The molecule has 0 aliphatic carbocycles. The van der Waals surface area contributed by atoms with Gasteiger partial charge in [-0.3, -0.25) is 23.8 Å². The molecule has 2 aromatic heterocycles. The summed E-state index contributed by atoms with van der Waals surface area (Å²) in [5.41, 5.74) is 8.40. The van der Waals surface area contributed by atoms with Crippen molar-refractivity contribution in [2.45, 2.75) is 43.3 Å². The van der Waals surface area contributed by atoms with Crippen molar-refractivity contribution in [1.82, 2.24) is 24.2 Å². The van der Waals surface area contributed by atoms with E-state index in [1.165, 1.54) is 11.8 Å². The number of aromatic nitrogens is 4. The number of fused-ring (bicyclic) bond motifs is 1. The van der Waals surface area contributed by atoms with E-state index in [0.29, 0.717) is 23.4 Å². The number of carbonyl (C=O) groups excluding carboxylic acids is 1. The minimum absolute atomic E-state index is 0.0101. The highest BCUT2D eigenvalue weighted by atomic mass is 32.7. The summed E-state index contributed by atoms with van der Waals surface area (Å²) < 4.78 is 36.8. The van der Waals surface area contributed by atoms with E-state index in [1.807, 2.05) is 97.1 Å². The zero-order chi connectivity index (χ0) is 41.5. The monoisotopic (exact) mass is 866 g/mol. The van der Waals surface area contributed by atoms with Crippen LogP contribution >= 0.6 is 30.6 Å². The molecule has 0 radical (unpaired) electrons. The number of nitrogen functional groups attached to an aromatic ring is 1. The first-order valence-corrected chi connectivity index (χ1v) is 23.6. The molecule has 4 heterocycles. The number of methoxy groups -OCH3 is 2. The number of hydrogen-bond acceptors (Lipinski definition) is 13. The molecule has 2 aliphatic heterocycles. The van der Waals surface area contributed by atoms with Crippen molar-refractivity contribution in [3.8, 4) is 11.5 Å². The number of rotatable bonds is 17. The van der Waals surface area contributed by atoms with Crippen LogP contribution in [0.25, 0.3) is 11.2 Å². The fourth-order valence-corrected chi connectivity index (χ4v) is 13.0. The van der Waals surface area contributed by atoms with Gasteiger partial charge in [0.2, 0.25) is 11.1 Å². The van der Waals surface area contributed by atoms with Crippen molar-refractivity contribution >= 4 is 52.9 Å². The van der Waals surface area contributed by atoms with Crippen LogP contribution in [-0.2, 0) is 19.6 Å². The number of thioether (sulfide) groups is 1. The van der Waals surface area contributed by atoms with E-state index in [4.69, 9.17) is 29.2 Å². The Bertz CT molecular complexity index is 2350. The third-order valence-corrected chi connectivity index (χ3v) is 15.9. The Labute approximate surface area is 358 Å². The van der Waals surface area contributed by atoms with Gasteiger partial charge in [-0.15, -0.1) is 0 Å². The highest BCUT2D eigenvalue weighted by Crippen LogP contribution is 2.58. The molecule has 8 rings (SSSR count). The lowest BCUT2D eigenvalue weighted by Gasteiger charge is -2.37. The van der Waals surface area contributed by atoms with Crippen LogP contribution in [0.5, 0.6) is 11.5 Å². The van der Waals surface area contributed by atoms with Gasteiger partial charge < -0.3 is 29.2 Å². The van der Waals surface area contributed by atoms with Crippen LogP contribution in [0.15, 0.2) is 120 Å². The van der Waals surface area contributed by atoms with E-state index in [9.17, 15) is 9.59 Å². The van der Waals surface area contributed by atoms with E-state index in [1.54, 1.807) is 36.5 Å². The Morgan fingerprint density at radius 1 is 0.883 bits per heavy atom. The molecule has 13 nitrogen and oxygen atoms in total. The van der Waals surface area contributed by atoms with Crippen molar-refractivity contribution < 1.29 is 28.3 Å². The third kappa shape index (κ3) is 9.13. The lowest BCUT2D eigenvalue weighted by Crippen LogP contribution is -2.38. The molecule has 0 saturated carbocycles. The topological polar surface area (TPSA) is 156 Å². The summed E-state index contributed by atoms with van der Waals surface area (Å²) in [7, 11) is 2.15. The molecule has 1 unspecified atom stereocenters. The maximum absolute atomic E-state index is 12.9. The lowest BCUT2D eigenvalue weighted by atomic mass is 9.80. The number of benzene rings is 4. The largest absolute Gasteiger partial charge is 0.497 e. The SMILES string of the molecule is COc1ccc(C(OC[C@H]2O[C@@H](n3cnc4c(=O)[nH]c(N)nc43)C[C@@H]2OP(SCCSC(=O)c2ccccc2)N2CCCC2)(c2ccccc2)c2ccc(OC)cc2)cc1. The maximum Gasteiger partial charge on any atom is 0.280 e. The van der Waals surface area contributed by atoms with Crippen LogP contribution < -0.4 is 20.8 Å². The van der Waals surface area contributed by atoms with Crippen LogP contribution in [0.1, 0.15) is 52.5 Å². The summed E-state index contributed by atoms with van der Waals surface area (Å²) >= 11 is 3.08. The van der Waals surface area contributed by atoms with Gasteiger partial charge in [0, 0.05) is 36.6 Å². The minimum atomic E-state index is -1.14. The van der Waals surface area contributed by atoms with Crippen molar-refractivity contribution in [2.75, 3.05) is 51.2 Å². The Morgan fingerprint density at radius 2 is 1.50 bits per heavy atom. The van der Waals surface area contributed by atoms with Gasteiger partial charge in [0.1, 0.15) is 29.4 Å². The predicted molar refractivity (Wildman–Crippen MR) is 238 cm³/mol.